The van der Waals surface area contributed by atoms with Gasteiger partial charge in [0.15, 0.2) is 11.5 Å². The van der Waals surface area contributed by atoms with Crippen molar-refractivity contribution in [2.24, 2.45) is 18.7 Å². The third-order valence-corrected chi connectivity index (χ3v) is 13.3. The highest BCUT2D eigenvalue weighted by atomic mass is 19.1. The van der Waals surface area contributed by atoms with Crippen LogP contribution in [0.25, 0.3) is 11.0 Å². The van der Waals surface area contributed by atoms with Crippen molar-refractivity contribution in [2.75, 3.05) is 99.1 Å². The number of imidazole rings is 1. The number of aromatic nitrogens is 5. The van der Waals surface area contributed by atoms with Crippen molar-refractivity contribution in [1.82, 2.24) is 44.3 Å². The lowest BCUT2D eigenvalue weighted by Crippen LogP contribution is -2.49. The van der Waals surface area contributed by atoms with Gasteiger partial charge in [-0.05, 0) is 74.4 Å². The van der Waals surface area contributed by atoms with Gasteiger partial charge in [-0.3, -0.25) is 33.7 Å². The number of nitrogens with one attached hydrogen (secondary N) is 2. The summed E-state index contributed by atoms with van der Waals surface area (Å²) in [5.41, 5.74) is 8.57. The summed E-state index contributed by atoms with van der Waals surface area (Å²) in [7, 11) is 3.51. The van der Waals surface area contributed by atoms with Crippen LogP contribution in [0.2, 0.25) is 0 Å². The van der Waals surface area contributed by atoms with E-state index in [1.807, 2.05) is 28.0 Å². The van der Waals surface area contributed by atoms with Crippen molar-refractivity contribution in [1.29, 1.82) is 0 Å². The molecule has 0 spiro atoms. The zero-order valence-corrected chi connectivity index (χ0v) is 35.1. The quantitative estimate of drug-likeness (QED) is 0.195. The number of piperidine rings is 3. The van der Waals surface area contributed by atoms with E-state index in [1.165, 1.54) is 10.6 Å². The minimum absolute atomic E-state index is 0.00388. The molecule has 4 aromatic rings. The molecule has 5 amide bonds. The summed E-state index contributed by atoms with van der Waals surface area (Å²) < 4.78 is 18.9. The summed E-state index contributed by atoms with van der Waals surface area (Å²) in [5, 5.41) is 13.7. The lowest BCUT2D eigenvalue weighted by molar-refractivity contribution is -0.135. The van der Waals surface area contributed by atoms with E-state index in [9.17, 15) is 24.0 Å². The number of amides is 5. The average molecular weight is 853 g/mol. The summed E-state index contributed by atoms with van der Waals surface area (Å²) in [6.45, 7) is 8.27. The van der Waals surface area contributed by atoms with Crippen LogP contribution in [0.3, 0.4) is 0 Å². The summed E-state index contributed by atoms with van der Waals surface area (Å²) in [4.78, 5) is 79.6. The molecule has 7 heterocycles. The number of benzene rings is 2. The van der Waals surface area contributed by atoms with Crippen LogP contribution in [0.15, 0.2) is 41.2 Å². The Bertz CT molecular complexity index is 2460. The molecule has 5 aliphatic heterocycles. The number of carbonyl (C=O) groups excluding carboxylic acids is 4. The van der Waals surface area contributed by atoms with Gasteiger partial charge in [0.25, 0.3) is 5.91 Å². The van der Waals surface area contributed by atoms with E-state index in [0.29, 0.717) is 74.4 Å². The summed E-state index contributed by atoms with van der Waals surface area (Å²) in [6.07, 6.45) is 4.25. The zero-order chi connectivity index (χ0) is 43.2. The van der Waals surface area contributed by atoms with E-state index in [-0.39, 0.29) is 41.6 Å². The van der Waals surface area contributed by atoms with Crippen LogP contribution in [0, 0.1) is 11.7 Å². The molecule has 5 fully saturated rings. The van der Waals surface area contributed by atoms with Crippen LogP contribution >= 0.6 is 0 Å². The van der Waals surface area contributed by atoms with Crippen molar-refractivity contribution in [2.45, 2.75) is 50.6 Å². The first-order valence-electron chi connectivity index (χ1n) is 21.6. The molecule has 62 heavy (non-hydrogen) atoms. The number of urea groups is 1. The molecule has 0 aliphatic carbocycles. The second-order valence-corrected chi connectivity index (χ2v) is 17.2. The van der Waals surface area contributed by atoms with Gasteiger partial charge in [-0.25, -0.2) is 14.0 Å². The van der Waals surface area contributed by atoms with E-state index >= 15 is 4.39 Å². The Kier molecular flexibility index (Phi) is 11.2. The number of primary amides is 1. The van der Waals surface area contributed by atoms with E-state index in [1.54, 1.807) is 35.7 Å². The number of nitrogens with zero attached hydrogens (tertiary/aromatic N) is 11. The number of hydrogen-bond donors (Lipinski definition) is 3. The molecular formula is C42H53FN14O5. The number of hydrogen-bond acceptors (Lipinski definition) is 13. The minimum atomic E-state index is -0.811. The van der Waals surface area contributed by atoms with Crippen molar-refractivity contribution in [3.63, 3.8) is 0 Å². The van der Waals surface area contributed by atoms with Crippen LogP contribution in [0.1, 0.15) is 55.1 Å². The fraction of sp³-hybridized carbons (Fsp3) is 0.524. The van der Waals surface area contributed by atoms with Gasteiger partial charge in [0.05, 0.1) is 22.8 Å². The Hall–Kier alpha value is -6.31. The Morgan fingerprint density at radius 2 is 1.65 bits per heavy atom. The predicted molar refractivity (Wildman–Crippen MR) is 230 cm³/mol. The van der Waals surface area contributed by atoms with Crippen molar-refractivity contribution < 1.29 is 23.6 Å². The SMILES string of the molecule is CN1CCN(C2CCCN(c3nnc(C(N)=O)c(Nc4ccc(N5CCN(CC6CCN(c7ccc8c(c7)n(C)c(=O)n8C7CCC(=O)NC7=O)CC6)CC5)c(F)c4)n3)C2)C1=O. The predicted octanol–water partition coefficient (Wildman–Crippen LogP) is 1.86. The molecule has 2 atom stereocenters. The van der Waals surface area contributed by atoms with Crippen LogP contribution < -0.4 is 36.8 Å². The average Bonchev–Trinajstić information content (AvgIpc) is 3.73. The molecule has 0 saturated carbocycles. The van der Waals surface area contributed by atoms with Gasteiger partial charge in [-0.1, -0.05) is 0 Å². The fourth-order valence-electron chi connectivity index (χ4n) is 9.77. The number of piperazine rings is 1. The molecule has 9 rings (SSSR count). The molecule has 4 N–H and O–H groups in total. The molecule has 2 aromatic heterocycles. The summed E-state index contributed by atoms with van der Waals surface area (Å²) in [6, 6.07) is 10.1. The maximum absolute atomic E-state index is 15.8. The lowest BCUT2D eigenvalue weighted by Gasteiger charge is -2.40. The standard InChI is InChI=1S/C42H53FN14O5/c1-50-16-21-56(41(50)61)29-4-3-13-55(25-29)40-47-38(36(37(44)59)48-49-40)45-27-5-7-31(30(43)22-27)54-19-17-52(18-20-54)24-26-11-14-53(15-12-26)28-6-8-32-34(23-28)51(2)42(62)57(32)33-9-10-35(58)46-39(33)60/h5-8,22-23,26,29,33H,3-4,9-21,24-25H2,1-2H3,(H2,44,59)(H,45,47,49)(H,46,58,60). The van der Waals surface area contributed by atoms with Crippen LogP contribution in [-0.4, -0.2) is 148 Å². The summed E-state index contributed by atoms with van der Waals surface area (Å²) in [5.74, 6) is -1.06. The van der Waals surface area contributed by atoms with Gasteiger partial charge in [0.2, 0.25) is 17.8 Å². The lowest BCUT2D eigenvalue weighted by atomic mass is 9.95. The summed E-state index contributed by atoms with van der Waals surface area (Å²) >= 11 is 0. The molecule has 5 saturated heterocycles. The molecule has 20 heteroatoms. The molecule has 328 valence electrons. The van der Waals surface area contributed by atoms with Gasteiger partial charge in [0.1, 0.15) is 11.9 Å². The van der Waals surface area contributed by atoms with E-state index in [0.717, 1.165) is 69.6 Å². The number of imide groups is 1. The molecule has 0 radical (unpaired) electrons. The van der Waals surface area contributed by atoms with Gasteiger partial charge in [-0.15, -0.1) is 10.2 Å². The molecule has 2 aromatic carbocycles. The first-order chi connectivity index (χ1) is 29.9. The number of fused-ring (bicyclic) bond motifs is 1. The van der Waals surface area contributed by atoms with Crippen molar-refractivity contribution in [3.05, 3.63) is 58.4 Å². The topological polar surface area (TPSA) is 203 Å². The first-order valence-corrected chi connectivity index (χ1v) is 21.6. The molecule has 2 unspecified atom stereocenters. The highest BCUT2D eigenvalue weighted by molar-refractivity contribution is 6.00. The number of carbonyl (C=O) groups is 4. The highest BCUT2D eigenvalue weighted by Crippen LogP contribution is 2.31. The number of nitrogens with two attached hydrogens (primary N) is 1. The second kappa shape index (κ2) is 16.9. The third kappa shape index (κ3) is 7.98. The fourth-order valence-corrected chi connectivity index (χ4v) is 9.77. The molecule has 0 bridgehead atoms. The Morgan fingerprint density at radius 3 is 2.35 bits per heavy atom. The smallest absolute Gasteiger partial charge is 0.329 e. The van der Waals surface area contributed by atoms with E-state index < -0.39 is 23.7 Å². The van der Waals surface area contributed by atoms with E-state index in [4.69, 9.17) is 5.73 Å². The Balaban J connectivity index is 0.780. The van der Waals surface area contributed by atoms with Crippen molar-refractivity contribution in [3.8, 4) is 0 Å². The maximum Gasteiger partial charge on any atom is 0.329 e. The normalized spacial score (nSPS) is 21.9. The van der Waals surface area contributed by atoms with Gasteiger partial charge < -0.3 is 35.6 Å². The zero-order valence-electron chi connectivity index (χ0n) is 35.1. The molecule has 19 nitrogen and oxygen atoms in total. The maximum atomic E-state index is 15.8. The Labute approximate surface area is 357 Å². The largest absolute Gasteiger partial charge is 0.371 e. The van der Waals surface area contributed by atoms with Crippen molar-refractivity contribution >= 4 is 63.6 Å². The van der Waals surface area contributed by atoms with Gasteiger partial charge >= 0.3 is 11.7 Å². The number of rotatable bonds is 10. The number of likely N-dealkylation sites (N-methyl/N-ethyl adjacent to an activating group) is 1. The minimum Gasteiger partial charge on any atom is -0.371 e. The third-order valence-electron chi connectivity index (χ3n) is 13.3. The van der Waals surface area contributed by atoms with Gasteiger partial charge in [-0.2, -0.15) is 4.98 Å². The first kappa shape index (κ1) is 41.1. The van der Waals surface area contributed by atoms with Crippen LogP contribution in [-0.2, 0) is 16.6 Å². The number of aryl methyl sites for hydroxylation is 1. The number of halogens is 1. The highest BCUT2D eigenvalue weighted by Gasteiger charge is 2.36. The molecular weight excluding hydrogens is 800 g/mol. The number of anilines is 5. The Morgan fingerprint density at radius 1 is 0.855 bits per heavy atom. The van der Waals surface area contributed by atoms with E-state index in [2.05, 4.69) is 40.5 Å². The van der Waals surface area contributed by atoms with Crippen LogP contribution in [0.4, 0.5) is 38.0 Å². The van der Waals surface area contributed by atoms with Gasteiger partial charge in [0, 0.05) is 104 Å². The monoisotopic (exact) mass is 852 g/mol. The molecule has 5 aliphatic rings. The van der Waals surface area contributed by atoms with Crippen LogP contribution in [0.5, 0.6) is 0 Å². The second-order valence-electron chi connectivity index (χ2n) is 17.2.